The first-order chi connectivity index (χ1) is 15.1. The number of para-hydroxylation sites is 1. The highest BCUT2D eigenvalue weighted by molar-refractivity contribution is 5.51. The van der Waals surface area contributed by atoms with Crippen molar-refractivity contribution in [3.8, 4) is 5.69 Å². The number of piperazine rings is 1. The maximum absolute atomic E-state index is 10.8. The number of rotatable bonds is 8. The molecule has 31 heavy (non-hydrogen) atoms. The number of nitrogens with one attached hydrogen (secondary N) is 1. The van der Waals surface area contributed by atoms with Crippen molar-refractivity contribution in [3.63, 3.8) is 0 Å². The molecule has 0 saturated carbocycles. The Balaban J connectivity index is 1.19. The van der Waals surface area contributed by atoms with E-state index in [2.05, 4.69) is 40.2 Å². The van der Waals surface area contributed by atoms with Gasteiger partial charge in [0.1, 0.15) is 0 Å². The largest absolute Gasteiger partial charge is 0.369 e. The second-order valence-corrected chi connectivity index (χ2v) is 7.80. The molecule has 0 amide bonds. The number of aryl methyl sites for hydroxylation is 1. The zero-order chi connectivity index (χ0) is 21.6. The lowest BCUT2D eigenvalue weighted by atomic mass is 10.2. The van der Waals surface area contributed by atoms with Crippen LogP contribution >= 0.6 is 0 Å². The van der Waals surface area contributed by atoms with E-state index in [0.717, 1.165) is 68.6 Å². The molecule has 1 fully saturated rings. The molecule has 0 atom stereocenters. The molecule has 3 aromatic rings. The molecule has 4 rings (SSSR count). The van der Waals surface area contributed by atoms with Crippen LogP contribution in [0.1, 0.15) is 11.4 Å². The van der Waals surface area contributed by atoms with Crippen molar-refractivity contribution in [2.45, 2.75) is 13.5 Å². The molecule has 2 aromatic carbocycles. The van der Waals surface area contributed by atoms with Crippen LogP contribution in [0, 0.1) is 17.0 Å². The lowest BCUT2D eigenvalue weighted by molar-refractivity contribution is -0.384. The second-order valence-electron chi connectivity index (χ2n) is 7.80. The van der Waals surface area contributed by atoms with E-state index in [-0.39, 0.29) is 10.6 Å². The van der Waals surface area contributed by atoms with Crippen LogP contribution in [0.3, 0.4) is 0 Å². The van der Waals surface area contributed by atoms with Crippen molar-refractivity contribution in [3.05, 3.63) is 82.2 Å². The van der Waals surface area contributed by atoms with Crippen LogP contribution in [0.4, 0.5) is 11.4 Å². The molecule has 162 valence electrons. The normalized spacial score (nSPS) is 14.7. The van der Waals surface area contributed by atoms with E-state index in [0.29, 0.717) is 0 Å². The van der Waals surface area contributed by atoms with E-state index in [1.54, 1.807) is 12.1 Å². The number of benzene rings is 2. The van der Waals surface area contributed by atoms with Gasteiger partial charge < -0.3 is 10.2 Å². The molecule has 0 unspecified atom stereocenters. The molecule has 0 radical (unpaired) electrons. The number of nitro benzene ring substituents is 1. The standard InChI is InChI=1S/C23H28N6O2/c1-19-17-20(25-28(19)22-5-3-2-4-6-22)18-24-11-12-26-13-15-27(16-14-26)21-7-9-23(10-8-21)29(30)31/h2-10,17,24H,11-16,18H2,1H3. The van der Waals surface area contributed by atoms with Crippen LogP contribution in [0.15, 0.2) is 60.7 Å². The summed E-state index contributed by atoms with van der Waals surface area (Å²) in [5.74, 6) is 0. The molecule has 0 bridgehead atoms. The molecule has 1 N–H and O–H groups in total. The van der Waals surface area contributed by atoms with Crippen molar-refractivity contribution in [2.24, 2.45) is 0 Å². The third-order valence-corrected chi connectivity index (χ3v) is 5.65. The highest BCUT2D eigenvalue weighted by atomic mass is 16.6. The zero-order valence-corrected chi connectivity index (χ0v) is 17.8. The van der Waals surface area contributed by atoms with Crippen molar-refractivity contribution in [1.29, 1.82) is 0 Å². The zero-order valence-electron chi connectivity index (χ0n) is 17.8. The summed E-state index contributed by atoms with van der Waals surface area (Å²) in [5.41, 5.74) is 4.44. The van der Waals surface area contributed by atoms with Crippen molar-refractivity contribution in [1.82, 2.24) is 20.0 Å². The predicted octanol–water partition coefficient (Wildman–Crippen LogP) is 3.00. The van der Waals surface area contributed by atoms with Gasteiger partial charge in [-0.2, -0.15) is 5.10 Å². The Kier molecular flexibility index (Phi) is 6.59. The predicted molar refractivity (Wildman–Crippen MR) is 122 cm³/mol. The number of anilines is 1. The maximum atomic E-state index is 10.8. The molecule has 0 spiro atoms. The minimum atomic E-state index is -0.359. The Morgan fingerprint density at radius 3 is 2.39 bits per heavy atom. The van der Waals surface area contributed by atoms with E-state index < -0.39 is 0 Å². The van der Waals surface area contributed by atoms with E-state index in [4.69, 9.17) is 5.10 Å². The van der Waals surface area contributed by atoms with Crippen molar-refractivity contribution in [2.75, 3.05) is 44.2 Å². The molecule has 1 aliphatic rings. The highest BCUT2D eigenvalue weighted by Crippen LogP contribution is 2.20. The first-order valence-corrected chi connectivity index (χ1v) is 10.6. The van der Waals surface area contributed by atoms with E-state index in [9.17, 15) is 10.1 Å². The topological polar surface area (TPSA) is 79.5 Å². The number of nitro groups is 1. The average Bonchev–Trinajstić information content (AvgIpc) is 3.18. The second kappa shape index (κ2) is 9.72. The molecule has 0 aliphatic carbocycles. The lowest BCUT2D eigenvalue weighted by Gasteiger charge is -2.36. The number of hydrogen-bond donors (Lipinski definition) is 1. The number of hydrogen-bond acceptors (Lipinski definition) is 6. The summed E-state index contributed by atoms with van der Waals surface area (Å²) in [7, 11) is 0. The summed E-state index contributed by atoms with van der Waals surface area (Å²) in [6, 6.07) is 19.1. The Morgan fingerprint density at radius 2 is 1.71 bits per heavy atom. The van der Waals surface area contributed by atoms with Gasteiger partial charge in [0.2, 0.25) is 0 Å². The molecule has 8 nitrogen and oxygen atoms in total. The molecule has 2 heterocycles. The minimum Gasteiger partial charge on any atom is -0.369 e. The van der Waals surface area contributed by atoms with Gasteiger partial charge in [0.05, 0.1) is 16.3 Å². The van der Waals surface area contributed by atoms with Crippen LogP contribution in [-0.4, -0.2) is 58.9 Å². The first-order valence-electron chi connectivity index (χ1n) is 10.6. The van der Waals surface area contributed by atoms with Gasteiger partial charge in [0, 0.05) is 69.3 Å². The average molecular weight is 421 g/mol. The Morgan fingerprint density at radius 1 is 1.00 bits per heavy atom. The van der Waals surface area contributed by atoms with Gasteiger partial charge >= 0.3 is 0 Å². The third kappa shape index (κ3) is 5.28. The van der Waals surface area contributed by atoms with E-state index in [1.807, 2.05) is 35.0 Å². The summed E-state index contributed by atoms with van der Waals surface area (Å²) in [6.45, 7) is 8.57. The van der Waals surface area contributed by atoms with Gasteiger partial charge in [-0.15, -0.1) is 0 Å². The molecular weight excluding hydrogens is 392 g/mol. The van der Waals surface area contributed by atoms with Crippen molar-refractivity contribution < 1.29 is 4.92 Å². The van der Waals surface area contributed by atoms with E-state index in [1.165, 1.54) is 0 Å². The summed E-state index contributed by atoms with van der Waals surface area (Å²) in [5, 5.41) is 19.0. The summed E-state index contributed by atoms with van der Waals surface area (Å²) < 4.78 is 1.98. The lowest BCUT2D eigenvalue weighted by Crippen LogP contribution is -2.48. The Hall–Kier alpha value is -3.23. The highest BCUT2D eigenvalue weighted by Gasteiger charge is 2.17. The maximum Gasteiger partial charge on any atom is 0.269 e. The molecule has 8 heteroatoms. The fraction of sp³-hybridized carbons (Fsp3) is 0.348. The summed E-state index contributed by atoms with van der Waals surface area (Å²) in [4.78, 5) is 15.2. The number of nitrogens with zero attached hydrogens (tertiary/aromatic N) is 5. The number of non-ortho nitro benzene ring substituents is 1. The SMILES string of the molecule is Cc1cc(CNCCN2CCN(c3ccc([N+](=O)[O-])cc3)CC2)nn1-c1ccccc1. The minimum absolute atomic E-state index is 0.136. The van der Waals surface area contributed by atoms with Gasteiger partial charge in [0.15, 0.2) is 0 Å². The van der Waals surface area contributed by atoms with E-state index >= 15 is 0 Å². The van der Waals surface area contributed by atoms with Gasteiger partial charge in [-0.25, -0.2) is 4.68 Å². The third-order valence-electron chi connectivity index (χ3n) is 5.65. The van der Waals surface area contributed by atoms with Crippen molar-refractivity contribution >= 4 is 11.4 Å². The monoisotopic (exact) mass is 420 g/mol. The van der Waals surface area contributed by atoms with Crippen LogP contribution in [0.25, 0.3) is 5.69 Å². The van der Waals surface area contributed by atoms with Gasteiger partial charge in [-0.1, -0.05) is 18.2 Å². The number of aromatic nitrogens is 2. The van der Waals surface area contributed by atoms with Gasteiger partial charge in [-0.3, -0.25) is 15.0 Å². The Labute approximate surface area is 182 Å². The first kappa shape index (κ1) is 21.0. The van der Waals surface area contributed by atoms with Crippen LogP contribution in [-0.2, 0) is 6.54 Å². The molecule has 1 saturated heterocycles. The van der Waals surface area contributed by atoms with Crippen LogP contribution in [0.5, 0.6) is 0 Å². The van der Waals surface area contributed by atoms with Gasteiger partial charge in [-0.05, 0) is 37.3 Å². The van der Waals surface area contributed by atoms with Crippen LogP contribution in [0.2, 0.25) is 0 Å². The summed E-state index contributed by atoms with van der Waals surface area (Å²) in [6.07, 6.45) is 0. The smallest absolute Gasteiger partial charge is 0.269 e. The van der Waals surface area contributed by atoms with Gasteiger partial charge in [0.25, 0.3) is 5.69 Å². The fourth-order valence-corrected chi connectivity index (χ4v) is 3.92. The summed E-state index contributed by atoms with van der Waals surface area (Å²) >= 11 is 0. The quantitative estimate of drug-likeness (QED) is 0.343. The van der Waals surface area contributed by atoms with Crippen LogP contribution < -0.4 is 10.2 Å². The fourth-order valence-electron chi connectivity index (χ4n) is 3.92. The Bertz CT molecular complexity index is 995. The molecule has 1 aliphatic heterocycles. The molecular formula is C23H28N6O2. The molecule has 1 aromatic heterocycles.